The van der Waals surface area contributed by atoms with Gasteiger partial charge in [-0.3, -0.25) is 9.78 Å². The molecule has 4 heteroatoms. The molecule has 1 heterocycles. The van der Waals surface area contributed by atoms with Gasteiger partial charge in [-0.25, -0.2) is 4.39 Å². The molecule has 0 spiro atoms. The van der Waals surface area contributed by atoms with E-state index in [0.717, 1.165) is 5.69 Å². The average molecular weight is 259 g/mol. The van der Waals surface area contributed by atoms with Crippen molar-refractivity contribution < 1.29 is 14.3 Å². The summed E-state index contributed by atoms with van der Waals surface area (Å²) in [5.41, 5.74) is 1.04. The number of pyridine rings is 1. The Bertz CT molecular complexity index is 557. The topological polar surface area (TPSA) is 50.2 Å². The largest absolute Gasteiger partial charge is 0.481 e. The minimum Gasteiger partial charge on any atom is -0.481 e. The third-order valence-corrected chi connectivity index (χ3v) is 2.99. The van der Waals surface area contributed by atoms with Gasteiger partial charge in [0.2, 0.25) is 0 Å². The second kappa shape index (κ2) is 6.09. The van der Waals surface area contributed by atoms with E-state index in [1.807, 2.05) is 12.1 Å². The number of rotatable bonds is 5. The molecule has 2 aromatic rings. The summed E-state index contributed by atoms with van der Waals surface area (Å²) in [6.45, 7) is 0. The van der Waals surface area contributed by atoms with Gasteiger partial charge in [-0.05, 0) is 31.0 Å². The molecular weight excluding hydrogens is 245 g/mol. The number of carboxylic acids is 1. The van der Waals surface area contributed by atoms with Crippen molar-refractivity contribution in [2.45, 2.75) is 18.8 Å². The molecule has 0 aliphatic carbocycles. The molecule has 0 bridgehead atoms. The Balaban J connectivity index is 2.14. The lowest BCUT2D eigenvalue weighted by Crippen LogP contribution is -2.14. The van der Waals surface area contributed by atoms with Crippen LogP contribution in [-0.4, -0.2) is 16.1 Å². The molecule has 3 nitrogen and oxygen atoms in total. The van der Waals surface area contributed by atoms with Crippen LogP contribution in [0.5, 0.6) is 0 Å². The second-order valence-corrected chi connectivity index (χ2v) is 4.27. The quantitative estimate of drug-likeness (QED) is 0.897. The number of aromatic nitrogens is 1. The number of halogens is 1. The molecule has 98 valence electrons. The normalized spacial score (nSPS) is 12.1. The molecule has 0 radical (unpaired) electrons. The number of nitrogens with zero attached hydrogens (tertiary/aromatic N) is 1. The molecule has 0 saturated carbocycles. The zero-order valence-corrected chi connectivity index (χ0v) is 10.3. The molecule has 2 rings (SSSR count). The van der Waals surface area contributed by atoms with Crippen LogP contribution in [0.2, 0.25) is 0 Å². The predicted octanol–water partition coefficient (Wildman–Crippen LogP) is 3.02. The van der Waals surface area contributed by atoms with Crippen LogP contribution >= 0.6 is 0 Å². The van der Waals surface area contributed by atoms with Crippen molar-refractivity contribution in [1.29, 1.82) is 0 Å². The van der Waals surface area contributed by atoms with E-state index in [2.05, 4.69) is 4.98 Å². The Hall–Kier alpha value is -2.23. The highest BCUT2D eigenvalue weighted by molar-refractivity contribution is 5.76. The van der Waals surface area contributed by atoms with Crippen LogP contribution in [0.3, 0.4) is 0 Å². The maximum absolute atomic E-state index is 13.6. The van der Waals surface area contributed by atoms with Crippen LogP contribution in [0.1, 0.15) is 23.6 Å². The van der Waals surface area contributed by atoms with Crippen LogP contribution in [0.25, 0.3) is 0 Å². The van der Waals surface area contributed by atoms with Crippen molar-refractivity contribution >= 4 is 5.97 Å². The van der Waals surface area contributed by atoms with E-state index in [4.69, 9.17) is 0 Å². The van der Waals surface area contributed by atoms with E-state index in [0.29, 0.717) is 12.8 Å². The fraction of sp³-hybridized carbons (Fsp3) is 0.200. The molecule has 1 aromatic heterocycles. The third kappa shape index (κ3) is 3.37. The van der Waals surface area contributed by atoms with E-state index in [-0.39, 0.29) is 5.56 Å². The number of hydrogen-bond donors (Lipinski definition) is 1. The van der Waals surface area contributed by atoms with Crippen molar-refractivity contribution in [3.8, 4) is 0 Å². The number of aryl methyl sites for hydroxylation is 1. The zero-order valence-electron chi connectivity index (χ0n) is 10.3. The Morgan fingerprint density at radius 3 is 2.58 bits per heavy atom. The van der Waals surface area contributed by atoms with Gasteiger partial charge < -0.3 is 5.11 Å². The molecule has 1 atom stereocenters. The smallest absolute Gasteiger partial charge is 0.311 e. The number of carboxylic acid groups (broad SMARTS) is 1. The maximum Gasteiger partial charge on any atom is 0.311 e. The number of hydrogen-bond acceptors (Lipinski definition) is 2. The molecule has 0 fully saturated rings. The second-order valence-electron chi connectivity index (χ2n) is 4.27. The molecule has 0 saturated heterocycles. The summed E-state index contributed by atoms with van der Waals surface area (Å²) >= 11 is 0. The Morgan fingerprint density at radius 1 is 1.21 bits per heavy atom. The van der Waals surface area contributed by atoms with Crippen molar-refractivity contribution in [3.63, 3.8) is 0 Å². The molecule has 1 unspecified atom stereocenters. The first-order chi connectivity index (χ1) is 9.18. The van der Waals surface area contributed by atoms with Gasteiger partial charge in [0.25, 0.3) is 0 Å². The van der Waals surface area contributed by atoms with Crippen LogP contribution in [-0.2, 0) is 11.2 Å². The third-order valence-electron chi connectivity index (χ3n) is 2.99. The highest BCUT2D eigenvalue weighted by Gasteiger charge is 2.22. The lowest BCUT2D eigenvalue weighted by atomic mass is 9.93. The first kappa shape index (κ1) is 13.2. The highest BCUT2D eigenvalue weighted by atomic mass is 19.1. The summed E-state index contributed by atoms with van der Waals surface area (Å²) < 4.78 is 13.6. The number of carbonyl (C=O) groups is 1. The summed E-state index contributed by atoms with van der Waals surface area (Å²) in [6, 6.07) is 11.5. The first-order valence-corrected chi connectivity index (χ1v) is 6.05. The van der Waals surface area contributed by atoms with Gasteiger partial charge >= 0.3 is 5.97 Å². The fourth-order valence-corrected chi connectivity index (χ4v) is 2.01. The van der Waals surface area contributed by atoms with Crippen molar-refractivity contribution in [1.82, 2.24) is 4.98 Å². The first-order valence-electron chi connectivity index (χ1n) is 6.05. The van der Waals surface area contributed by atoms with E-state index in [9.17, 15) is 14.3 Å². The van der Waals surface area contributed by atoms with Gasteiger partial charge in [-0.2, -0.15) is 0 Å². The van der Waals surface area contributed by atoms with Crippen LogP contribution in [0, 0.1) is 5.82 Å². The van der Waals surface area contributed by atoms with Gasteiger partial charge in [0.1, 0.15) is 5.82 Å². The van der Waals surface area contributed by atoms with Crippen molar-refractivity contribution in [2.24, 2.45) is 0 Å². The van der Waals surface area contributed by atoms with Crippen LogP contribution < -0.4 is 0 Å². The van der Waals surface area contributed by atoms with Gasteiger partial charge in [0.15, 0.2) is 0 Å². The summed E-state index contributed by atoms with van der Waals surface area (Å²) in [4.78, 5) is 15.4. The number of aliphatic carboxylic acids is 1. The SMILES string of the molecule is O=C(O)C(CCc1ccccn1)c1ccccc1F. The van der Waals surface area contributed by atoms with Crippen molar-refractivity contribution in [2.75, 3.05) is 0 Å². The van der Waals surface area contributed by atoms with Gasteiger partial charge in [0.05, 0.1) is 5.92 Å². The summed E-state index contributed by atoms with van der Waals surface area (Å²) in [5, 5.41) is 9.24. The minimum atomic E-state index is -1.01. The van der Waals surface area contributed by atoms with Gasteiger partial charge in [0, 0.05) is 17.5 Å². The standard InChI is InChI=1S/C15H14FNO2/c16-14-7-2-1-6-12(14)13(15(18)19)9-8-11-5-3-4-10-17-11/h1-7,10,13H,8-9H2,(H,18,19). The molecule has 19 heavy (non-hydrogen) atoms. The summed E-state index contributed by atoms with van der Waals surface area (Å²) in [5.74, 6) is -2.33. The lowest BCUT2D eigenvalue weighted by Gasteiger charge is -2.13. The van der Waals surface area contributed by atoms with Crippen molar-refractivity contribution in [3.05, 3.63) is 65.7 Å². The molecule has 0 aliphatic rings. The van der Waals surface area contributed by atoms with E-state index in [1.54, 1.807) is 24.4 Å². The zero-order chi connectivity index (χ0) is 13.7. The minimum absolute atomic E-state index is 0.228. The summed E-state index contributed by atoms with van der Waals surface area (Å²) in [7, 11) is 0. The molecule has 1 aromatic carbocycles. The van der Waals surface area contributed by atoms with E-state index in [1.165, 1.54) is 12.1 Å². The number of benzene rings is 1. The summed E-state index contributed by atoms with van der Waals surface area (Å²) in [6.07, 6.45) is 2.49. The monoisotopic (exact) mass is 259 g/mol. The highest BCUT2D eigenvalue weighted by Crippen LogP contribution is 2.24. The molecule has 0 aliphatic heterocycles. The van der Waals surface area contributed by atoms with Crippen LogP contribution in [0.15, 0.2) is 48.7 Å². The van der Waals surface area contributed by atoms with Crippen LogP contribution in [0.4, 0.5) is 4.39 Å². The Morgan fingerprint density at radius 2 is 1.95 bits per heavy atom. The lowest BCUT2D eigenvalue weighted by molar-refractivity contribution is -0.139. The van der Waals surface area contributed by atoms with Gasteiger partial charge in [-0.1, -0.05) is 24.3 Å². The molecule has 0 amide bonds. The predicted molar refractivity (Wildman–Crippen MR) is 69.3 cm³/mol. The Labute approximate surface area is 110 Å². The molecule has 1 N–H and O–H groups in total. The van der Waals surface area contributed by atoms with Gasteiger partial charge in [-0.15, -0.1) is 0 Å². The van der Waals surface area contributed by atoms with E-state index >= 15 is 0 Å². The maximum atomic E-state index is 13.6. The Kier molecular flexibility index (Phi) is 4.23. The molecular formula is C15H14FNO2. The van der Waals surface area contributed by atoms with E-state index < -0.39 is 17.7 Å². The fourth-order valence-electron chi connectivity index (χ4n) is 2.01. The average Bonchev–Trinajstić information content (AvgIpc) is 2.42.